The van der Waals surface area contributed by atoms with E-state index in [1.54, 1.807) is 39.0 Å². The fraction of sp³-hybridized carbons (Fsp3) is 0.529. The van der Waals surface area contributed by atoms with Gasteiger partial charge >= 0.3 is 24.1 Å². The molecule has 10 nitrogen and oxygen atoms in total. The highest BCUT2D eigenvalue weighted by molar-refractivity contribution is 6.76. The number of rotatable bonds is 14. The molecule has 45 heavy (non-hydrogen) atoms. The Morgan fingerprint density at radius 3 is 2.44 bits per heavy atom. The molecule has 1 aromatic heterocycles. The Morgan fingerprint density at radius 2 is 1.80 bits per heavy atom. The van der Waals surface area contributed by atoms with Crippen molar-refractivity contribution in [3.05, 3.63) is 61.3 Å². The predicted molar refractivity (Wildman–Crippen MR) is 178 cm³/mol. The second-order valence-corrected chi connectivity index (χ2v) is 19.0. The molecule has 3 unspecified atom stereocenters. The van der Waals surface area contributed by atoms with Crippen molar-refractivity contribution in [2.45, 2.75) is 90.5 Å². The molecule has 0 saturated carbocycles. The standard InChI is InChI=1S/C34H49N3O7Si/c1-9-11-14-18-42-33(40)35-30(24(3)4)31(38)37(34(41)43-19-20-45(6,7)8)23-27(21-25(37)5)44-32(39)29-22-26-15-12-13-16-28(26)36(29)17-10-2/h9-10,12-13,15-16,22,24-25,27,30H,1-2,11,14,17-21,23H2,3-8H3/p+1/t25?,27-,30?,37?/m1/s1. The monoisotopic (exact) mass is 640 g/mol. The predicted octanol–water partition coefficient (Wildman–Crippen LogP) is 6.68. The van der Waals surface area contributed by atoms with Gasteiger partial charge in [-0.15, -0.1) is 13.2 Å². The topological polar surface area (TPSA) is 113 Å². The Kier molecular flexibility index (Phi) is 12.3. The second-order valence-electron chi connectivity index (χ2n) is 13.3. The number of unbranched alkanes of at least 4 members (excludes halogenated alkanes) is 1. The van der Waals surface area contributed by atoms with Crippen LogP contribution in [-0.4, -0.2) is 79.1 Å². The summed E-state index contributed by atoms with van der Waals surface area (Å²) in [6.07, 6.45) is 2.83. The number of carbonyl (C=O) groups excluding carboxylic acids is 4. The number of para-hydroxylation sites is 1. The summed E-state index contributed by atoms with van der Waals surface area (Å²) in [5.41, 5.74) is 1.23. The van der Waals surface area contributed by atoms with Crippen LogP contribution in [0.1, 0.15) is 50.5 Å². The lowest BCUT2D eigenvalue weighted by Crippen LogP contribution is -2.66. The summed E-state index contributed by atoms with van der Waals surface area (Å²) in [4.78, 5) is 54.7. The van der Waals surface area contributed by atoms with Gasteiger partial charge in [-0.1, -0.05) is 63.8 Å². The number of alkyl carbamates (subject to hydrolysis) is 1. The maximum atomic E-state index is 14.4. The third kappa shape index (κ3) is 8.73. The fourth-order valence-corrected chi connectivity index (χ4v) is 6.39. The number of aromatic nitrogens is 1. The number of allylic oxidation sites excluding steroid dienone is 2. The van der Waals surface area contributed by atoms with Crippen LogP contribution in [0.2, 0.25) is 25.7 Å². The summed E-state index contributed by atoms with van der Waals surface area (Å²) >= 11 is 0. The van der Waals surface area contributed by atoms with E-state index in [0.717, 1.165) is 16.9 Å². The summed E-state index contributed by atoms with van der Waals surface area (Å²) in [5.74, 6) is -1.42. The molecule has 2 heterocycles. The SMILES string of the molecule is C=CCCCOC(=O)NC(C(=O)[N+]1(C(=O)OCC[Si](C)(C)C)C[C@H](OC(=O)c2cc3ccccc3n2CC=C)CC1C)C(C)C. The van der Waals surface area contributed by atoms with Gasteiger partial charge in [-0.3, -0.25) is 0 Å². The summed E-state index contributed by atoms with van der Waals surface area (Å²) in [6.45, 7) is 20.1. The van der Waals surface area contributed by atoms with Gasteiger partial charge in [0.25, 0.3) is 0 Å². The Hall–Kier alpha value is -3.70. The molecular formula is C34H50N3O7Si+. The van der Waals surface area contributed by atoms with E-state index in [1.807, 2.05) is 28.8 Å². The molecule has 1 aliphatic rings. The van der Waals surface area contributed by atoms with Crippen LogP contribution in [-0.2, 0) is 25.5 Å². The highest BCUT2D eigenvalue weighted by Gasteiger charge is 2.61. The van der Waals surface area contributed by atoms with E-state index < -0.39 is 54.8 Å². The van der Waals surface area contributed by atoms with Crippen molar-refractivity contribution in [1.82, 2.24) is 9.88 Å². The second kappa shape index (κ2) is 15.5. The number of benzene rings is 1. The molecule has 0 bridgehead atoms. The number of carbonyl (C=O) groups is 4. The summed E-state index contributed by atoms with van der Waals surface area (Å²) in [5, 5.41) is 3.58. The zero-order valence-corrected chi connectivity index (χ0v) is 28.7. The van der Waals surface area contributed by atoms with Crippen molar-refractivity contribution in [2.24, 2.45) is 5.92 Å². The molecule has 246 valence electrons. The van der Waals surface area contributed by atoms with E-state index in [9.17, 15) is 19.2 Å². The van der Waals surface area contributed by atoms with Crippen LogP contribution < -0.4 is 5.32 Å². The third-order valence-corrected chi connectivity index (χ3v) is 9.95. The molecule has 2 aromatic rings. The van der Waals surface area contributed by atoms with E-state index in [-0.39, 0.29) is 32.1 Å². The average Bonchev–Trinajstić information content (AvgIpc) is 3.51. The number of quaternary nitrogens is 1. The quantitative estimate of drug-likeness (QED) is 0.0612. The van der Waals surface area contributed by atoms with Crippen molar-refractivity contribution < 1.29 is 37.9 Å². The molecule has 11 heteroatoms. The number of imide groups is 1. The minimum absolute atomic E-state index is 0.0987. The first kappa shape index (κ1) is 35.8. The molecule has 3 amide bonds. The van der Waals surface area contributed by atoms with Crippen LogP contribution in [0, 0.1) is 5.92 Å². The maximum Gasteiger partial charge on any atom is 0.524 e. The van der Waals surface area contributed by atoms with Gasteiger partial charge < -0.3 is 24.1 Å². The van der Waals surface area contributed by atoms with Gasteiger partial charge in [-0.25, -0.2) is 14.4 Å². The van der Waals surface area contributed by atoms with Gasteiger partial charge in [-0.2, -0.15) is 9.28 Å². The van der Waals surface area contributed by atoms with Crippen LogP contribution in [0.3, 0.4) is 0 Å². The molecule has 4 atom stereocenters. The molecule has 1 aliphatic heterocycles. The Balaban J connectivity index is 1.90. The number of hydrogen-bond donors (Lipinski definition) is 1. The lowest BCUT2D eigenvalue weighted by Gasteiger charge is -2.35. The molecular weight excluding hydrogens is 590 g/mol. The van der Waals surface area contributed by atoms with E-state index in [1.165, 1.54) is 0 Å². The normalized spacial score (nSPS) is 20.4. The van der Waals surface area contributed by atoms with Crippen molar-refractivity contribution in [3.8, 4) is 0 Å². The number of hydrogen-bond acceptors (Lipinski definition) is 7. The number of esters is 1. The van der Waals surface area contributed by atoms with Crippen LogP contribution in [0.4, 0.5) is 9.59 Å². The molecule has 1 aromatic carbocycles. The number of ether oxygens (including phenoxy) is 3. The number of amides is 3. The average molecular weight is 641 g/mol. The minimum Gasteiger partial charge on any atom is -0.451 e. The lowest BCUT2D eigenvalue weighted by molar-refractivity contribution is -0.795. The molecule has 1 fully saturated rings. The highest BCUT2D eigenvalue weighted by atomic mass is 28.3. The summed E-state index contributed by atoms with van der Waals surface area (Å²) < 4.78 is 18.2. The van der Waals surface area contributed by atoms with Crippen molar-refractivity contribution in [2.75, 3.05) is 19.8 Å². The van der Waals surface area contributed by atoms with E-state index in [2.05, 4.69) is 38.1 Å². The van der Waals surface area contributed by atoms with Crippen LogP contribution >= 0.6 is 0 Å². The van der Waals surface area contributed by atoms with Gasteiger partial charge in [0.15, 0.2) is 12.1 Å². The van der Waals surface area contributed by atoms with Crippen molar-refractivity contribution in [3.63, 3.8) is 0 Å². The first-order valence-corrected chi connectivity index (χ1v) is 19.5. The lowest BCUT2D eigenvalue weighted by atomic mass is 10.0. The van der Waals surface area contributed by atoms with E-state index in [0.29, 0.717) is 25.1 Å². The zero-order chi connectivity index (χ0) is 33.4. The molecule has 0 spiro atoms. The Morgan fingerprint density at radius 1 is 1.09 bits per heavy atom. The molecule has 1 saturated heterocycles. The largest absolute Gasteiger partial charge is 0.524 e. The number of nitrogens with one attached hydrogen (secondary N) is 1. The van der Waals surface area contributed by atoms with Gasteiger partial charge in [0.1, 0.15) is 18.3 Å². The number of nitrogens with zero attached hydrogens (tertiary/aromatic N) is 2. The summed E-state index contributed by atoms with van der Waals surface area (Å²) in [7, 11) is -1.54. The first-order valence-electron chi connectivity index (χ1n) is 15.8. The molecule has 1 N–H and O–H groups in total. The molecule has 0 aliphatic carbocycles. The van der Waals surface area contributed by atoms with Gasteiger partial charge in [-0.05, 0) is 43.9 Å². The highest BCUT2D eigenvalue weighted by Crippen LogP contribution is 2.34. The van der Waals surface area contributed by atoms with Crippen molar-refractivity contribution in [1.29, 1.82) is 0 Å². The first-order chi connectivity index (χ1) is 21.2. The fourth-order valence-electron chi connectivity index (χ4n) is 5.67. The van der Waals surface area contributed by atoms with Crippen molar-refractivity contribution >= 4 is 43.0 Å². The Bertz CT molecular complexity index is 1400. The van der Waals surface area contributed by atoms with Crippen LogP contribution in [0.5, 0.6) is 0 Å². The number of fused-ring (bicyclic) bond motifs is 1. The smallest absolute Gasteiger partial charge is 0.451 e. The van der Waals surface area contributed by atoms with E-state index >= 15 is 0 Å². The molecule has 0 radical (unpaired) electrons. The minimum atomic E-state index is -1.54. The maximum absolute atomic E-state index is 14.4. The zero-order valence-electron chi connectivity index (χ0n) is 27.7. The van der Waals surface area contributed by atoms with Gasteiger partial charge in [0.2, 0.25) is 0 Å². The summed E-state index contributed by atoms with van der Waals surface area (Å²) in [6, 6.07) is 8.55. The Labute approximate surface area is 268 Å². The molecule has 3 rings (SSSR count). The van der Waals surface area contributed by atoms with E-state index in [4.69, 9.17) is 14.2 Å². The number of likely N-dealkylation sites (tertiary alicyclic amines) is 1. The van der Waals surface area contributed by atoms with Gasteiger partial charge in [0.05, 0.1) is 13.2 Å². The third-order valence-electron chi connectivity index (χ3n) is 8.24. The van der Waals surface area contributed by atoms with Gasteiger partial charge in [0, 0.05) is 31.9 Å². The van der Waals surface area contributed by atoms with Crippen LogP contribution in [0.25, 0.3) is 10.9 Å². The van der Waals surface area contributed by atoms with Crippen LogP contribution in [0.15, 0.2) is 55.6 Å².